The second kappa shape index (κ2) is 11.5. The fourth-order valence-electron chi connectivity index (χ4n) is 3.53. The summed E-state index contributed by atoms with van der Waals surface area (Å²) in [5.74, 6) is 4.17. The first-order valence-corrected chi connectivity index (χ1v) is 10.5. The van der Waals surface area contributed by atoms with Crippen LogP contribution in [0.3, 0.4) is 0 Å². The molecule has 12 heteroatoms. The van der Waals surface area contributed by atoms with E-state index in [4.69, 9.17) is 18.9 Å². The number of alkyl halides is 3. The summed E-state index contributed by atoms with van der Waals surface area (Å²) < 4.78 is 63.2. The molecule has 3 atom stereocenters. The number of ether oxygens (including phenoxy) is 4. The van der Waals surface area contributed by atoms with Gasteiger partial charge in [-0.05, 0) is 19.1 Å². The second-order valence-corrected chi connectivity index (χ2v) is 7.46. The number of halogens is 3. The normalized spacial score (nSPS) is 19.9. The molecular weight excluding hydrogens is 473 g/mol. The van der Waals surface area contributed by atoms with E-state index in [1.54, 1.807) is 13.0 Å². The Labute approximate surface area is 198 Å². The quantitative estimate of drug-likeness (QED) is 0.313. The third-order valence-corrected chi connectivity index (χ3v) is 5.16. The fraction of sp³-hybridized carbons (Fsp3) is 0.435. The summed E-state index contributed by atoms with van der Waals surface area (Å²) in [7, 11) is 1.41. The Hall–Kier alpha value is -3.24. The average Bonchev–Trinajstić information content (AvgIpc) is 3.21. The van der Waals surface area contributed by atoms with Crippen molar-refractivity contribution in [2.75, 3.05) is 27.1 Å². The van der Waals surface area contributed by atoms with Crippen molar-refractivity contribution in [2.24, 2.45) is 0 Å². The van der Waals surface area contributed by atoms with Gasteiger partial charge in [-0.2, -0.15) is 17.7 Å². The van der Waals surface area contributed by atoms with Gasteiger partial charge in [-0.1, -0.05) is 24.1 Å². The standard InChI is InChI=1S/C23H23F3N2O7/c1-3-4-10-34-17-11-19(35-18(17)13-33-14-32-2)27-12-16(23(24,25)26)21(30)28(22(27)31)20(29)15-8-6-5-7-9-15/h5-9,12,17-19H,10-11,13-14H2,1-2H3/t17-,18+,19+/m0/s1. The number of aromatic nitrogens is 2. The molecule has 1 aliphatic heterocycles. The lowest BCUT2D eigenvalue weighted by Crippen LogP contribution is -2.47. The van der Waals surface area contributed by atoms with Crippen molar-refractivity contribution in [2.45, 2.75) is 38.0 Å². The van der Waals surface area contributed by atoms with Gasteiger partial charge in [0.1, 0.15) is 31.3 Å². The van der Waals surface area contributed by atoms with Crippen molar-refractivity contribution < 1.29 is 36.9 Å². The van der Waals surface area contributed by atoms with Crippen LogP contribution in [-0.4, -0.2) is 54.4 Å². The molecule has 0 bridgehead atoms. The first-order chi connectivity index (χ1) is 16.7. The highest BCUT2D eigenvalue weighted by atomic mass is 19.4. The predicted molar refractivity (Wildman–Crippen MR) is 116 cm³/mol. The molecule has 188 valence electrons. The number of benzene rings is 1. The molecule has 2 heterocycles. The van der Waals surface area contributed by atoms with Crippen LogP contribution in [0.2, 0.25) is 0 Å². The highest BCUT2D eigenvalue weighted by Crippen LogP contribution is 2.32. The Morgan fingerprint density at radius 1 is 1.23 bits per heavy atom. The van der Waals surface area contributed by atoms with E-state index >= 15 is 0 Å². The van der Waals surface area contributed by atoms with Gasteiger partial charge in [0.05, 0.1) is 12.7 Å². The van der Waals surface area contributed by atoms with E-state index in [0.717, 1.165) is 0 Å². The maximum Gasteiger partial charge on any atom is 0.423 e. The smallest absolute Gasteiger partial charge is 0.363 e. The molecule has 0 spiro atoms. The molecule has 1 aromatic carbocycles. The summed E-state index contributed by atoms with van der Waals surface area (Å²) in [6.07, 6.45) is -7.55. The first kappa shape index (κ1) is 26.4. The zero-order valence-corrected chi connectivity index (χ0v) is 18.9. The maximum absolute atomic E-state index is 13.7. The maximum atomic E-state index is 13.7. The lowest BCUT2D eigenvalue weighted by molar-refractivity contribution is -0.140. The van der Waals surface area contributed by atoms with Gasteiger partial charge in [0, 0.05) is 25.3 Å². The Morgan fingerprint density at radius 3 is 2.57 bits per heavy atom. The summed E-state index contributed by atoms with van der Waals surface area (Å²) in [4.78, 5) is 38.6. The summed E-state index contributed by atoms with van der Waals surface area (Å²) in [6, 6.07) is 7.05. The van der Waals surface area contributed by atoms with E-state index in [1.807, 2.05) is 0 Å². The molecule has 2 aromatic rings. The minimum atomic E-state index is -5.13. The van der Waals surface area contributed by atoms with Crippen LogP contribution in [0.1, 0.15) is 35.5 Å². The number of hydrogen-bond donors (Lipinski definition) is 0. The molecule has 0 saturated carbocycles. The van der Waals surface area contributed by atoms with Crippen molar-refractivity contribution in [3.05, 3.63) is 68.5 Å². The van der Waals surface area contributed by atoms with Crippen LogP contribution in [0.25, 0.3) is 0 Å². The van der Waals surface area contributed by atoms with Gasteiger partial charge in [0.25, 0.3) is 11.5 Å². The number of carbonyl (C=O) groups excluding carboxylic acids is 1. The van der Waals surface area contributed by atoms with Gasteiger partial charge < -0.3 is 18.9 Å². The Morgan fingerprint density at radius 2 is 1.94 bits per heavy atom. The Balaban J connectivity index is 2.06. The van der Waals surface area contributed by atoms with Crippen LogP contribution >= 0.6 is 0 Å². The Bertz CT molecular complexity index is 1210. The molecule has 35 heavy (non-hydrogen) atoms. The number of methoxy groups -OCH3 is 1. The second-order valence-electron chi connectivity index (χ2n) is 7.46. The van der Waals surface area contributed by atoms with Gasteiger partial charge in [-0.15, -0.1) is 5.92 Å². The largest absolute Gasteiger partial charge is 0.423 e. The van der Waals surface area contributed by atoms with Crippen LogP contribution in [0, 0.1) is 11.8 Å². The Kier molecular flexibility index (Phi) is 8.63. The molecule has 0 aliphatic carbocycles. The van der Waals surface area contributed by atoms with Gasteiger partial charge in [-0.25, -0.2) is 4.79 Å². The molecule has 1 fully saturated rings. The zero-order chi connectivity index (χ0) is 25.6. The summed E-state index contributed by atoms with van der Waals surface area (Å²) in [5, 5.41) is 0. The highest BCUT2D eigenvalue weighted by Gasteiger charge is 2.41. The first-order valence-electron chi connectivity index (χ1n) is 10.5. The fourth-order valence-corrected chi connectivity index (χ4v) is 3.53. The van der Waals surface area contributed by atoms with E-state index in [-0.39, 0.29) is 36.6 Å². The summed E-state index contributed by atoms with van der Waals surface area (Å²) in [6.45, 7) is 1.52. The van der Waals surface area contributed by atoms with E-state index in [9.17, 15) is 27.6 Å². The molecule has 0 amide bonds. The van der Waals surface area contributed by atoms with Gasteiger partial charge in [0.2, 0.25) is 0 Å². The lowest BCUT2D eigenvalue weighted by Gasteiger charge is -2.19. The van der Waals surface area contributed by atoms with Gasteiger partial charge in [0.15, 0.2) is 0 Å². The zero-order valence-electron chi connectivity index (χ0n) is 18.9. The van der Waals surface area contributed by atoms with Crippen molar-refractivity contribution in [1.82, 2.24) is 9.13 Å². The summed E-state index contributed by atoms with van der Waals surface area (Å²) in [5.41, 5.74) is -4.85. The molecule has 1 aromatic heterocycles. The van der Waals surface area contributed by atoms with Crippen LogP contribution < -0.4 is 11.2 Å². The van der Waals surface area contributed by atoms with E-state index in [2.05, 4.69) is 11.8 Å². The van der Waals surface area contributed by atoms with Gasteiger partial charge in [-0.3, -0.25) is 14.2 Å². The molecule has 0 radical (unpaired) electrons. The lowest BCUT2D eigenvalue weighted by atomic mass is 10.2. The molecule has 0 N–H and O–H groups in total. The topological polar surface area (TPSA) is 98.0 Å². The third kappa shape index (κ3) is 6.07. The van der Waals surface area contributed by atoms with Crippen molar-refractivity contribution in [3.8, 4) is 11.8 Å². The van der Waals surface area contributed by atoms with Gasteiger partial charge >= 0.3 is 11.9 Å². The minimum Gasteiger partial charge on any atom is -0.363 e. The van der Waals surface area contributed by atoms with Crippen LogP contribution in [0.4, 0.5) is 13.2 Å². The number of carbonyl (C=O) groups is 1. The molecule has 1 aliphatic rings. The van der Waals surface area contributed by atoms with E-state index < -0.39 is 47.3 Å². The molecule has 0 unspecified atom stereocenters. The average molecular weight is 496 g/mol. The number of hydrogen-bond acceptors (Lipinski definition) is 7. The van der Waals surface area contributed by atoms with Crippen molar-refractivity contribution in [1.29, 1.82) is 0 Å². The van der Waals surface area contributed by atoms with Crippen molar-refractivity contribution in [3.63, 3.8) is 0 Å². The van der Waals surface area contributed by atoms with Crippen LogP contribution in [0.15, 0.2) is 46.1 Å². The minimum absolute atomic E-state index is 0.0206. The monoisotopic (exact) mass is 496 g/mol. The highest BCUT2D eigenvalue weighted by molar-refractivity contribution is 5.95. The van der Waals surface area contributed by atoms with E-state index in [0.29, 0.717) is 10.8 Å². The molecule has 9 nitrogen and oxygen atoms in total. The molecular formula is C23H23F3N2O7. The molecule has 1 saturated heterocycles. The van der Waals surface area contributed by atoms with Crippen LogP contribution in [0.5, 0.6) is 0 Å². The summed E-state index contributed by atoms with van der Waals surface area (Å²) >= 11 is 0. The number of nitrogens with zero attached hydrogens (tertiary/aromatic N) is 2. The SMILES string of the molecule is CC#CCO[C@H]1C[C@H](n2cc(C(F)(F)F)c(=O)n(C(=O)c3ccccc3)c2=O)O[C@@H]1COCOC. The van der Waals surface area contributed by atoms with Crippen LogP contribution in [-0.2, 0) is 25.1 Å². The van der Waals surface area contributed by atoms with E-state index in [1.165, 1.54) is 31.4 Å². The number of rotatable bonds is 8. The van der Waals surface area contributed by atoms with Crippen molar-refractivity contribution >= 4 is 5.91 Å². The predicted octanol–water partition coefficient (Wildman–Crippen LogP) is 2.03. The molecule has 3 rings (SSSR count). The third-order valence-electron chi connectivity index (χ3n) is 5.16.